The van der Waals surface area contributed by atoms with E-state index < -0.39 is 0 Å². The van der Waals surface area contributed by atoms with Gasteiger partial charge in [0.15, 0.2) is 5.69 Å². The summed E-state index contributed by atoms with van der Waals surface area (Å²) in [6.45, 7) is 8.89. The molecule has 0 aliphatic rings. The molecule has 2 aromatic heterocycles. The van der Waals surface area contributed by atoms with E-state index >= 15 is 0 Å². The molecular weight excluding hydrogens is 424 g/mol. The van der Waals surface area contributed by atoms with Gasteiger partial charge in [0.25, 0.3) is 5.91 Å². The van der Waals surface area contributed by atoms with Crippen LogP contribution in [0.2, 0.25) is 0 Å². The third kappa shape index (κ3) is 4.44. The van der Waals surface area contributed by atoms with Crippen LogP contribution < -0.4 is 10.1 Å². The van der Waals surface area contributed by atoms with E-state index in [1.54, 1.807) is 6.92 Å². The first kappa shape index (κ1) is 20.1. The SMILES string of the molecule is Cc1cccc(OCc2c(C(=O)NCCn3nc(C)c(Br)c3C)noc2C)c1. The van der Waals surface area contributed by atoms with Crippen LogP contribution in [0.25, 0.3) is 0 Å². The predicted octanol–water partition coefficient (Wildman–Crippen LogP) is 3.88. The Bertz CT molecular complexity index is 993. The topological polar surface area (TPSA) is 82.2 Å². The Labute approximate surface area is 172 Å². The molecule has 3 aromatic rings. The van der Waals surface area contributed by atoms with Crippen LogP contribution in [-0.4, -0.2) is 27.4 Å². The quantitative estimate of drug-likeness (QED) is 0.595. The highest BCUT2D eigenvalue weighted by Crippen LogP contribution is 2.20. The van der Waals surface area contributed by atoms with Gasteiger partial charge in [-0.05, 0) is 61.3 Å². The molecule has 28 heavy (non-hydrogen) atoms. The fraction of sp³-hybridized carbons (Fsp3) is 0.350. The zero-order chi connectivity index (χ0) is 20.3. The standard InChI is InChI=1S/C20H23BrN4O3/c1-12-6-5-7-16(10-12)27-11-17-15(4)28-24-19(17)20(26)22-8-9-25-14(3)18(21)13(2)23-25/h5-7,10H,8-9,11H2,1-4H3,(H,22,26). The van der Waals surface area contributed by atoms with Crippen LogP contribution in [0.15, 0.2) is 33.3 Å². The van der Waals surface area contributed by atoms with Crippen molar-refractivity contribution >= 4 is 21.8 Å². The second kappa shape index (κ2) is 8.60. The first-order valence-corrected chi connectivity index (χ1v) is 9.78. The number of rotatable bonds is 7. The summed E-state index contributed by atoms with van der Waals surface area (Å²) in [6.07, 6.45) is 0. The summed E-state index contributed by atoms with van der Waals surface area (Å²) in [5, 5.41) is 11.2. The van der Waals surface area contributed by atoms with E-state index in [4.69, 9.17) is 9.26 Å². The Hall–Kier alpha value is -2.61. The minimum Gasteiger partial charge on any atom is -0.489 e. The lowest BCUT2D eigenvalue weighted by atomic mass is 10.2. The molecule has 148 valence electrons. The van der Waals surface area contributed by atoms with Crippen molar-refractivity contribution in [3.05, 3.63) is 62.7 Å². The molecule has 1 N–H and O–H groups in total. The number of amides is 1. The molecule has 7 nitrogen and oxygen atoms in total. The molecule has 0 bridgehead atoms. The second-order valence-corrected chi connectivity index (χ2v) is 7.43. The average molecular weight is 447 g/mol. The number of carbonyl (C=O) groups is 1. The molecule has 2 heterocycles. The van der Waals surface area contributed by atoms with E-state index in [9.17, 15) is 4.79 Å². The highest BCUT2D eigenvalue weighted by Gasteiger charge is 2.20. The Morgan fingerprint density at radius 2 is 2.07 bits per heavy atom. The maximum Gasteiger partial charge on any atom is 0.273 e. The molecule has 3 rings (SSSR count). The van der Waals surface area contributed by atoms with E-state index in [1.807, 2.05) is 49.7 Å². The number of hydrogen-bond donors (Lipinski definition) is 1. The molecule has 0 saturated heterocycles. The highest BCUT2D eigenvalue weighted by atomic mass is 79.9. The lowest BCUT2D eigenvalue weighted by Crippen LogP contribution is -2.29. The van der Waals surface area contributed by atoms with Gasteiger partial charge in [-0.25, -0.2) is 0 Å². The van der Waals surface area contributed by atoms with Gasteiger partial charge >= 0.3 is 0 Å². The van der Waals surface area contributed by atoms with Crippen molar-refractivity contribution in [2.24, 2.45) is 0 Å². The zero-order valence-corrected chi connectivity index (χ0v) is 18.0. The van der Waals surface area contributed by atoms with Crippen molar-refractivity contribution in [1.82, 2.24) is 20.3 Å². The van der Waals surface area contributed by atoms with Gasteiger partial charge in [0.2, 0.25) is 0 Å². The predicted molar refractivity (Wildman–Crippen MR) is 108 cm³/mol. The second-order valence-electron chi connectivity index (χ2n) is 6.63. The average Bonchev–Trinajstić information content (AvgIpc) is 3.15. The third-order valence-electron chi connectivity index (χ3n) is 4.47. The molecular formula is C20H23BrN4O3. The van der Waals surface area contributed by atoms with Crippen LogP contribution in [0.5, 0.6) is 5.75 Å². The van der Waals surface area contributed by atoms with Crippen LogP contribution in [0.4, 0.5) is 0 Å². The van der Waals surface area contributed by atoms with Gasteiger partial charge < -0.3 is 14.6 Å². The normalized spacial score (nSPS) is 10.9. The van der Waals surface area contributed by atoms with Crippen molar-refractivity contribution in [3.63, 3.8) is 0 Å². The lowest BCUT2D eigenvalue weighted by Gasteiger charge is -2.08. The molecule has 1 aromatic carbocycles. The van der Waals surface area contributed by atoms with E-state index in [2.05, 4.69) is 31.5 Å². The van der Waals surface area contributed by atoms with E-state index in [0.29, 0.717) is 24.4 Å². The molecule has 8 heteroatoms. The summed E-state index contributed by atoms with van der Waals surface area (Å²) in [5.41, 5.74) is 3.95. The number of hydrogen-bond acceptors (Lipinski definition) is 5. The number of nitrogens with one attached hydrogen (secondary N) is 1. The summed E-state index contributed by atoms with van der Waals surface area (Å²) >= 11 is 3.50. The van der Waals surface area contributed by atoms with E-state index in [-0.39, 0.29) is 18.2 Å². The Morgan fingerprint density at radius 1 is 1.29 bits per heavy atom. The van der Waals surface area contributed by atoms with Crippen molar-refractivity contribution in [3.8, 4) is 5.75 Å². The first-order valence-electron chi connectivity index (χ1n) is 8.99. The van der Waals surface area contributed by atoms with Crippen LogP contribution in [0.1, 0.15) is 38.8 Å². The Balaban J connectivity index is 1.61. The monoisotopic (exact) mass is 446 g/mol. The van der Waals surface area contributed by atoms with E-state index in [1.165, 1.54) is 0 Å². The van der Waals surface area contributed by atoms with Gasteiger partial charge in [-0.2, -0.15) is 5.10 Å². The van der Waals surface area contributed by atoms with Gasteiger partial charge in [-0.1, -0.05) is 17.3 Å². The van der Waals surface area contributed by atoms with Crippen LogP contribution in [0.3, 0.4) is 0 Å². The smallest absolute Gasteiger partial charge is 0.273 e. The molecule has 0 radical (unpaired) electrons. The van der Waals surface area contributed by atoms with Gasteiger partial charge in [0.05, 0.1) is 22.3 Å². The van der Waals surface area contributed by atoms with Gasteiger partial charge in [0.1, 0.15) is 18.1 Å². The minimum absolute atomic E-state index is 0.214. The van der Waals surface area contributed by atoms with Gasteiger partial charge in [-0.15, -0.1) is 0 Å². The number of aromatic nitrogens is 3. The molecule has 0 spiro atoms. The van der Waals surface area contributed by atoms with Crippen molar-refractivity contribution in [2.45, 2.75) is 40.8 Å². The zero-order valence-electron chi connectivity index (χ0n) is 16.4. The lowest BCUT2D eigenvalue weighted by molar-refractivity contribution is 0.0940. The molecule has 0 saturated carbocycles. The molecule has 0 aliphatic carbocycles. The van der Waals surface area contributed by atoms with Crippen LogP contribution in [0, 0.1) is 27.7 Å². The number of ether oxygens (including phenoxy) is 1. The van der Waals surface area contributed by atoms with Crippen molar-refractivity contribution in [2.75, 3.05) is 6.54 Å². The highest BCUT2D eigenvalue weighted by molar-refractivity contribution is 9.10. The largest absolute Gasteiger partial charge is 0.489 e. The minimum atomic E-state index is -0.291. The Morgan fingerprint density at radius 3 is 2.75 bits per heavy atom. The number of carbonyl (C=O) groups excluding carboxylic acids is 1. The molecule has 1 amide bonds. The van der Waals surface area contributed by atoms with Crippen LogP contribution >= 0.6 is 15.9 Å². The Kier molecular flexibility index (Phi) is 6.18. The molecule has 0 aliphatic heterocycles. The van der Waals surface area contributed by atoms with E-state index in [0.717, 1.165) is 27.2 Å². The van der Waals surface area contributed by atoms with Crippen molar-refractivity contribution in [1.29, 1.82) is 0 Å². The fourth-order valence-electron chi connectivity index (χ4n) is 2.85. The number of halogens is 1. The summed E-state index contributed by atoms with van der Waals surface area (Å²) in [7, 11) is 0. The number of benzene rings is 1. The van der Waals surface area contributed by atoms with Crippen LogP contribution in [-0.2, 0) is 13.2 Å². The third-order valence-corrected chi connectivity index (χ3v) is 5.62. The number of aryl methyl sites for hydroxylation is 3. The summed E-state index contributed by atoms with van der Waals surface area (Å²) in [5.74, 6) is 1.02. The summed E-state index contributed by atoms with van der Waals surface area (Å²) in [6, 6.07) is 7.74. The fourth-order valence-corrected chi connectivity index (χ4v) is 3.14. The van der Waals surface area contributed by atoms with Gasteiger partial charge in [0, 0.05) is 12.2 Å². The molecule has 0 atom stereocenters. The first-order chi connectivity index (χ1) is 13.4. The summed E-state index contributed by atoms with van der Waals surface area (Å²) < 4.78 is 13.9. The maximum atomic E-state index is 12.6. The van der Waals surface area contributed by atoms with Gasteiger partial charge in [-0.3, -0.25) is 9.48 Å². The maximum absolute atomic E-state index is 12.6. The summed E-state index contributed by atoms with van der Waals surface area (Å²) in [4.78, 5) is 12.6. The molecule has 0 unspecified atom stereocenters. The number of nitrogens with zero attached hydrogens (tertiary/aromatic N) is 3. The molecule has 0 fully saturated rings. The van der Waals surface area contributed by atoms with Crippen molar-refractivity contribution < 1.29 is 14.1 Å².